The maximum absolute atomic E-state index is 12.2. The van der Waals surface area contributed by atoms with Crippen molar-refractivity contribution in [3.63, 3.8) is 0 Å². The van der Waals surface area contributed by atoms with E-state index in [0.29, 0.717) is 0 Å². The van der Waals surface area contributed by atoms with Crippen LogP contribution in [0.3, 0.4) is 0 Å². The van der Waals surface area contributed by atoms with Gasteiger partial charge in [0.25, 0.3) is 5.69 Å². The molecular weight excluding hydrogens is 396 g/mol. The monoisotopic (exact) mass is 416 g/mol. The highest BCUT2D eigenvalue weighted by atomic mass is 35.5. The van der Waals surface area contributed by atoms with E-state index in [1.807, 2.05) is 18.2 Å². The van der Waals surface area contributed by atoms with Crippen molar-refractivity contribution in [3.8, 4) is 0 Å². The summed E-state index contributed by atoms with van der Waals surface area (Å²) < 4.78 is 0. The van der Waals surface area contributed by atoms with E-state index in [9.17, 15) is 19.7 Å². The molecule has 3 rings (SSSR count). The summed E-state index contributed by atoms with van der Waals surface area (Å²) in [5, 5.41) is 16.0. The van der Waals surface area contributed by atoms with Gasteiger partial charge >= 0.3 is 11.8 Å². The minimum absolute atomic E-state index is 0.0419. The Morgan fingerprint density at radius 1 is 1.10 bits per heavy atom. The van der Waals surface area contributed by atoms with Crippen LogP contribution in [0.4, 0.5) is 11.4 Å². The number of nitrogens with one attached hydrogen (secondary N) is 2. The van der Waals surface area contributed by atoms with Crippen LogP contribution >= 0.6 is 11.6 Å². The first kappa shape index (κ1) is 20.8. The fourth-order valence-electron chi connectivity index (χ4n) is 3.25. The van der Waals surface area contributed by atoms with E-state index in [4.69, 9.17) is 11.6 Å². The maximum Gasteiger partial charge on any atom is 0.313 e. The van der Waals surface area contributed by atoms with Crippen LogP contribution in [-0.2, 0) is 16.1 Å². The topological polar surface area (TPSA) is 105 Å². The number of rotatable bonds is 5. The number of amides is 2. The number of likely N-dealkylation sites (tertiary alicyclic amines) is 1. The molecule has 2 aromatic rings. The molecular formula is C20H21ClN4O4. The minimum atomic E-state index is -0.867. The van der Waals surface area contributed by atoms with Crippen LogP contribution in [0.1, 0.15) is 18.4 Å². The van der Waals surface area contributed by atoms with Gasteiger partial charge in [-0.3, -0.25) is 24.6 Å². The highest BCUT2D eigenvalue weighted by Gasteiger charge is 2.24. The Morgan fingerprint density at radius 2 is 1.79 bits per heavy atom. The summed E-state index contributed by atoms with van der Waals surface area (Å²) in [6.07, 6.45) is 1.50. The largest absolute Gasteiger partial charge is 0.345 e. The molecule has 0 radical (unpaired) electrons. The van der Waals surface area contributed by atoms with Crippen LogP contribution in [0.5, 0.6) is 0 Å². The number of nitro benzene ring substituents is 1. The van der Waals surface area contributed by atoms with E-state index >= 15 is 0 Å². The van der Waals surface area contributed by atoms with Gasteiger partial charge in [-0.15, -0.1) is 0 Å². The number of carbonyl (C=O) groups is 2. The van der Waals surface area contributed by atoms with Gasteiger partial charge < -0.3 is 10.6 Å². The van der Waals surface area contributed by atoms with Crippen LogP contribution in [0.15, 0.2) is 48.5 Å². The Kier molecular flexibility index (Phi) is 6.79. The SMILES string of the molecule is O=C(Nc1ccc(Cl)c([N+](=O)[O-])c1)C(=O)NC1CCN(Cc2ccccc2)CC1. The number of hydrogen-bond donors (Lipinski definition) is 2. The second-order valence-corrected chi connectivity index (χ2v) is 7.29. The van der Waals surface area contributed by atoms with Crippen LogP contribution in [0.25, 0.3) is 0 Å². The zero-order chi connectivity index (χ0) is 20.8. The zero-order valence-corrected chi connectivity index (χ0v) is 16.4. The van der Waals surface area contributed by atoms with E-state index in [1.54, 1.807) is 0 Å². The molecule has 1 aliphatic rings. The average Bonchev–Trinajstić information content (AvgIpc) is 2.71. The van der Waals surface area contributed by atoms with Gasteiger partial charge in [-0.1, -0.05) is 41.9 Å². The van der Waals surface area contributed by atoms with Gasteiger partial charge in [0.15, 0.2) is 0 Å². The average molecular weight is 417 g/mol. The first-order chi connectivity index (χ1) is 13.9. The molecule has 0 atom stereocenters. The second-order valence-electron chi connectivity index (χ2n) is 6.89. The van der Waals surface area contributed by atoms with Gasteiger partial charge in [0.2, 0.25) is 0 Å². The highest BCUT2D eigenvalue weighted by Crippen LogP contribution is 2.27. The zero-order valence-electron chi connectivity index (χ0n) is 15.6. The summed E-state index contributed by atoms with van der Waals surface area (Å²) in [6.45, 7) is 2.51. The van der Waals surface area contributed by atoms with E-state index in [1.165, 1.54) is 17.7 Å². The summed E-state index contributed by atoms with van der Waals surface area (Å²) >= 11 is 5.74. The third-order valence-corrected chi connectivity index (χ3v) is 5.10. The normalized spacial score (nSPS) is 14.9. The molecule has 2 N–H and O–H groups in total. The summed E-state index contributed by atoms with van der Waals surface area (Å²) in [5.74, 6) is -1.63. The number of hydrogen-bond acceptors (Lipinski definition) is 5. The molecule has 1 fully saturated rings. The summed E-state index contributed by atoms with van der Waals surface area (Å²) in [4.78, 5) is 36.9. The lowest BCUT2D eigenvalue weighted by Gasteiger charge is -2.32. The molecule has 2 aromatic carbocycles. The molecule has 29 heavy (non-hydrogen) atoms. The third-order valence-electron chi connectivity index (χ3n) is 4.78. The lowest BCUT2D eigenvalue weighted by molar-refractivity contribution is -0.384. The summed E-state index contributed by atoms with van der Waals surface area (Å²) in [7, 11) is 0. The predicted molar refractivity (Wildman–Crippen MR) is 110 cm³/mol. The van der Waals surface area contributed by atoms with Crippen molar-refractivity contribution < 1.29 is 14.5 Å². The molecule has 152 valence electrons. The number of piperidine rings is 1. The quantitative estimate of drug-likeness (QED) is 0.443. The van der Waals surface area contributed by atoms with Crippen molar-refractivity contribution >= 4 is 34.8 Å². The van der Waals surface area contributed by atoms with E-state index in [2.05, 4.69) is 27.7 Å². The molecule has 1 heterocycles. The molecule has 0 aromatic heterocycles. The highest BCUT2D eigenvalue weighted by molar-refractivity contribution is 6.39. The summed E-state index contributed by atoms with van der Waals surface area (Å²) in [5.41, 5.74) is 1.04. The Hall–Kier alpha value is -2.97. The molecule has 0 bridgehead atoms. The molecule has 1 saturated heterocycles. The second kappa shape index (κ2) is 9.49. The number of nitrogens with zero attached hydrogens (tertiary/aromatic N) is 2. The van der Waals surface area contributed by atoms with Crippen molar-refractivity contribution in [2.75, 3.05) is 18.4 Å². The molecule has 0 aliphatic carbocycles. The Bertz CT molecular complexity index is 899. The van der Waals surface area contributed by atoms with Crippen molar-refractivity contribution in [3.05, 3.63) is 69.2 Å². The molecule has 9 heteroatoms. The summed E-state index contributed by atoms with van der Waals surface area (Å²) in [6, 6.07) is 13.9. The molecule has 0 unspecified atom stereocenters. The molecule has 2 amide bonds. The van der Waals surface area contributed by atoms with E-state index in [0.717, 1.165) is 38.5 Å². The maximum atomic E-state index is 12.2. The molecule has 0 spiro atoms. The standard InChI is InChI=1S/C20H21ClN4O4/c21-17-7-6-16(12-18(17)25(28)29)23-20(27)19(26)22-15-8-10-24(11-9-15)13-14-4-2-1-3-5-14/h1-7,12,15H,8-11,13H2,(H,22,26)(H,23,27). The lowest BCUT2D eigenvalue weighted by Crippen LogP contribution is -2.47. The van der Waals surface area contributed by atoms with Gasteiger partial charge in [0.1, 0.15) is 5.02 Å². The van der Waals surface area contributed by atoms with Crippen molar-refractivity contribution in [1.29, 1.82) is 0 Å². The number of halogens is 1. The van der Waals surface area contributed by atoms with Crippen LogP contribution in [0, 0.1) is 10.1 Å². The van der Waals surface area contributed by atoms with Crippen molar-refractivity contribution in [2.45, 2.75) is 25.4 Å². The molecule has 8 nitrogen and oxygen atoms in total. The predicted octanol–water partition coefficient (Wildman–Crippen LogP) is 2.97. The van der Waals surface area contributed by atoms with Gasteiger partial charge in [0.05, 0.1) is 4.92 Å². The smallest absolute Gasteiger partial charge is 0.313 e. The van der Waals surface area contributed by atoms with Crippen LogP contribution < -0.4 is 10.6 Å². The number of anilines is 1. The van der Waals surface area contributed by atoms with Crippen molar-refractivity contribution in [2.24, 2.45) is 0 Å². The van der Waals surface area contributed by atoms with Gasteiger partial charge in [-0.2, -0.15) is 0 Å². The molecule has 1 aliphatic heterocycles. The Morgan fingerprint density at radius 3 is 2.45 bits per heavy atom. The minimum Gasteiger partial charge on any atom is -0.345 e. The molecule has 0 saturated carbocycles. The number of nitro groups is 1. The van der Waals surface area contributed by atoms with E-state index < -0.39 is 16.7 Å². The first-order valence-corrected chi connectivity index (χ1v) is 9.62. The fourth-order valence-corrected chi connectivity index (χ4v) is 3.43. The lowest BCUT2D eigenvalue weighted by atomic mass is 10.0. The Labute approximate surface area is 173 Å². The van der Waals surface area contributed by atoms with Gasteiger partial charge in [-0.25, -0.2) is 0 Å². The van der Waals surface area contributed by atoms with Gasteiger partial charge in [0, 0.05) is 37.4 Å². The number of carbonyl (C=O) groups excluding carboxylic acids is 2. The third kappa shape index (κ3) is 5.75. The van der Waals surface area contributed by atoms with Crippen molar-refractivity contribution in [1.82, 2.24) is 10.2 Å². The van der Waals surface area contributed by atoms with Crippen LogP contribution in [0.2, 0.25) is 5.02 Å². The van der Waals surface area contributed by atoms with Crippen LogP contribution in [-0.4, -0.2) is 40.8 Å². The Balaban J connectivity index is 1.47. The van der Waals surface area contributed by atoms with E-state index in [-0.39, 0.29) is 22.4 Å². The van der Waals surface area contributed by atoms with Gasteiger partial charge in [-0.05, 0) is 30.5 Å². The fraction of sp³-hybridized carbons (Fsp3) is 0.300. The number of benzene rings is 2. The first-order valence-electron chi connectivity index (χ1n) is 9.24.